The van der Waals surface area contributed by atoms with Gasteiger partial charge < -0.3 is 9.88 Å². The number of carbonyl (C=O) groups is 1. The van der Waals surface area contributed by atoms with Crippen LogP contribution in [0, 0.1) is 5.41 Å². The molecule has 0 fully saturated rings. The lowest BCUT2D eigenvalue weighted by atomic mass is 9.95. The number of anilines is 1. The lowest BCUT2D eigenvalue weighted by Gasteiger charge is -2.25. The van der Waals surface area contributed by atoms with Gasteiger partial charge in [0.15, 0.2) is 7.14 Å². The molecule has 1 atom stereocenters. The number of para-hydroxylation sites is 1. The highest BCUT2D eigenvalue weighted by molar-refractivity contribution is 7.86. The van der Waals surface area contributed by atoms with E-state index in [0.717, 1.165) is 21.4 Å². The van der Waals surface area contributed by atoms with Crippen LogP contribution in [0.1, 0.15) is 20.8 Å². The van der Waals surface area contributed by atoms with Crippen LogP contribution in [0.5, 0.6) is 0 Å². The van der Waals surface area contributed by atoms with Crippen LogP contribution >= 0.6 is 7.14 Å². The molecule has 0 saturated heterocycles. The van der Waals surface area contributed by atoms with Crippen molar-refractivity contribution < 1.29 is 9.36 Å². The molecule has 1 amide bonds. The zero-order chi connectivity index (χ0) is 22.1. The van der Waals surface area contributed by atoms with Gasteiger partial charge in [0.25, 0.3) is 0 Å². The number of fused-ring (bicyclic) bond motifs is 1. The zero-order valence-electron chi connectivity index (χ0n) is 18.0. The maximum absolute atomic E-state index is 15.1. The molecular weight excluding hydrogens is 401 g/mol. The Bertz CT molecular complexity index is 1280. The summed E-state index contributed by atoms with van der Waals surface area (Å²) in [5.74, 6) is -0.113. The smallest absolute Gasteiger partial charge is 0.229 e. The number of hydrogen-bond donors (Lipinski definition) is 1. The van der Waals surface area contributed by atoms with Gasteiger partial charge in [0.2, 0.25) is 5.91 Å². The summed E-state index contributed by atoms with van der Waals surface area (Å²) in [6, 6.07) is 30.9. The Kier molecular flexibility index (Phi) is 5.56. The van der Waals surface area contributed by atoms with Crippen molar-refractivity contribution in [1.82, 2.24) is 0 Å². The van der Waals surface area contributed by atoms with E-state index in [1.54, 1.807) is 0 Å². The van der Waals surface area contributed by atoms with Gasteiger partial charge in [-0.15, -0.1) is 0 Å². The Morgan fingerprint density at radius 3 is 2.03 bits per heavy atom. The molecule has 4 aromatic carbocycles. The summed E-state index contributed by atoms with van der Waals surface area (Å²) >= 11 is 0. The summed E-state index contributed by atoms with van der Waals surface area (Å²) in [7, 11) is -3.28. The molecule has 0 spiro atoms. The molecule has 0 aromatic heterocycles. The van der Waals surface area contributed by atoms with Crippen LogP contribution in [0.2, 0.25) is 0 Å². The lowest BCUT2D eigenvalue weighted by Crippen LogP contribution is -2.32. The maximum Gasteiger partial charge on any atom is 0.229 e. The number of nitrogens with one attached hydrogen (secondary N) is 1. The Morgan fingerprint density at radius 1 is 0.710 bits per heavy atom. The normalized spacial score (nSPS) is 13.5. The number of hydrogen-bond acceptors (Lipinski definition) is 2. The summed E-state index contributed by atoms with van der Waals surface area (Å²) < 4.78 is 15.1. The van der Waals surface area contributed by atoms with Gasteiger partial charge in [0.1, 0.15) is 0 Å². The van der Waals surface area contributed by atoms with Crippen LogP contribution in [0.15, 0.2) is 97.1 Å². The molecule has 0 heterocycles. The van der Waals surface area contributed by atoms with Gasteiger partial charge in [0.05, 0.1) is 5.69 Å². The van der Waals surface area contributed by atoms with E-state index in [-0.39, 0.29) is 5.91 Å². The number of carbonyl (C=O) groups excluding carboxylic acids is 1. The lowest BCUT2D eigenvalue weighted by molar-refractivity contribution is -0.123. The molecule has 0 aliphatic rings. The van der Waals surface area contributed by atoms with E-state index < -0.39 is 12.6 Å². The summed E-state index contributed by atoms with van der Waals surface area (Å²) in [4.78, 5) is 12.8. The number of rotatable bonds is 4. The Morgan fingerprint density at radius 2 is 1.29 bits per heavy atom. The second-order valence-electron chi connectivity index (χ2n) is 8.66. The first kappa shape index (κ1) is 21.1. The van der Waals surface area contributed by atoms with Crippen molar-refractivity contribution in [3.63, 3.8) is 0 Å². The first-order valence-electron chi connectivity index (χ1n) is 10.4. The highest BCUT2D eigenvalue weighted by atomic mass is 31.2. The molecule has 0 saturated carbocycles. The Hall–Kier alpha value is -3.16. The predicted octanol–water partition coefficient (Wildman–Crippen LogP) is 5.46. The van der Waals surface area contributed by atoms with E-state index in [1.807, 2.05) is 118 Å². The van der Waals surface area contributed by atoms with Crippen LogP contribution < -0.4 is 21.2 Å². The zero-order valence-corrected chi connectivity index (χ0v) is 18.9. The van der Waals surface area contributed by atoms with Gasteiger partial charge in [-0.1, -0.05) is 106 Å². The molecule has 1 N–H and O–H groups in total. The van der Waals surface area contributed by atoms with Crippen LogP contribution in [0.25, 0.3) is 10.8 Å². The molecule has 3 nitrogen and oxygen atoms in total. The average molecular weight is 427 g/mol. The highest BCUT2D eigenvalue weighted by Crippen LogP contribution is 2.46. The summed E-state index contributed by atoms with van der Waals surface area (Å²) in [5.41, 5.74) is 0.0195. The fourth-order valence-electron chi connectivity index (χ4n) is 3.69. The molecule has 0 aliphatic carbocycles. The van der Waals surface area contributed by atoms with Gasteiger partial charge in [-0.25, -0.2) is 0 Å². The monoisotopic (exact) mass is 427 g/mol. The fraction of sp³-hybridized carbons (Fsp3) is 0.148. The van der Waals surface area contributed by atoms with Crippen molar-refractivity contribution in [3.8, 4) is 0 Å². The molecule has 4 heteroatoms. The molecule has 0 radical (unpaired) electrons. The van der Waals surface area contributed by atoms with E-state index in [4.69, 9.17) is 0 Å². The minimum absolute atomic E-state index is 0.113. The van der Waals surface area contributed by atoms with E-state index >= 15 is 4.57 Å². The molecule has 4 rings (SSSR count). The van der Waals surface area contributed by atoms with Crippen molar-refractivity contribution in [2.24, 2.45) is 5.41 Å². The first-order valence-corrected chi connectivity index (χ1v) is 12.1. The summed E-state index contributed by atoms with van der Waals surface area (Å²) in [6.45, 7) is 5.60. The second kappa shape index (κ2) is 8.17. The highest BCUT2D eigenvalue weighted by Gasteiger charge is 2.34. The van der Waals surface area contributed by atoms with Crippen molar-refractivity contribution >= 4 is 45.4 Å². The van der Waals surface area contributed by atoms with Crippen LogP contribution in [-0.2, 0) is 9.36 Å². The maximum atomic E-state index is 15.1. The minimum atomic E-state index is -3.28. The molecule has 4 aromatic rings. The first-order chi connectivity index (χ1) is 14.8. The molecule has 0 aliphatic heterocycles. The summed E-state index contributed by atoms with van der Waals surface area (Å²) in [5, 5.41) is 7.17. The van der Waals surface area contributed by atoms with Crippen LogP contribution in [0.4, 0.5) is 5.69 Å². The minimum Gasteiger partial charge on any atom is -0.325 e. The van der Waals surface area contributed by atoms with Crippen molar-refractivity contribution in [1.29, 1.82) is 0 Å². The van der Waals surface area contributed by atoms with Crippen LogP contribution in [-0.4, -0.2) is 5.91 Å². The average Bonchev–Trinajstić information content (AvgIpc) is 2.78. The van der Waals surface area contributed by atoms with Crippen molar-refractivity contribution in [2.45, 2.75) is 20.8 Å². The molecule has 156 valence electrons. The Balaban J connectivity index is 2.01. The van der Waals surface area contributed by atoms with Gasteiger partial charge in [-0.2, -0.15) is 0 Å². The molecule has 0 bridgehead atoms. The standard InChI is InChI=1S/C27H26NO2P/c1-27(2,3)26(29)28-23-17-9-10-18-25(23)31(30,21-14-5-4-6-15-21)24-19-11-13-20-12-7-8-16-22(20)24/h4-19H,1-3H3,(H,28,29)/t31-/m1/s1. The van der Waals surface area contributed by atoms with Crippen molar-refractivity contribution in [2.75, 3.05) is 5.32 Å². The summed E-state index contributed by atoms with van der Waals surface area (Å²) in [6.07, 6.45) is 0. The fourth-order valence-corrected chi connectivity index (χ4v) is 6.70. The van der Waals surface area contributed by atoms with Gasteiger partial charge in [-0.05, 0) is 22.9 Å². The van der Waals surface area contributed by atoms with Gasteiger partial charge >= 0.3 is 0 Å². The van der Waals surface area contributed by atoms with Crippen LogP contribution in [0.3, 0.4) is 0 Å². The van der Waals surface area contributed by atoms with E-state index in [9.17, 15) is 4.79 Å². The van der Waals surface area contributed by atoms with E-state index in [2.05, 4.69) is 5.32 Å². The van der Waals surface area contributed by atoms with Gasteiger partial charge in [0, 0.05) is 21.3 Å². The molecule has 31 heavy (non-hydrogen) atoms. The predicted molar refractivity (Wildman–Crippen MR) is 131 cm³/mol. The molecule has 0 unspecified atom stereocenters. The second-order valence-corrected chi connectivity index (χ2v) is 11.4. The van der Waals surface area contributed by atoms with Gasteiger partial charge in [-0.3, -0.25) is 4.79 Å². The third-order valence-electron chi connectivity index (χ3n) is 5.40. The largest absolute Gasteiger partial charge is 0.325 e. The van der Waals surface area contributed by atoms with E-state index in [1.165, 1.54) is 0 Å². The number of benzene rings is 4. The Labute approximate surface area is 183 Å². The molecular formula is C27H26NO2P. The topological polar surface area (TPSA) is 46.2 Å². The number of amides is 1. The van der Waals surface area contributed by atoms with Crippen molar-refractivity contribution in [3.05, 3.63) is 97.1 Å². The third kappa shape index (κ3) is 3.94. The van der Waals surface area contributed by atoms with E-state index in [0.29, 0.717) is 11.0 Å². The quantitative estimate of drug-likeness (QED) is 0.440. The SMILES string of the molecule is CC(C)(C)C(=O)Nc1ccccc1[P@@](=O)(c1ccccc1)c1cccc2ccccc12. The third-order valence-corrected chi connectivity index (χ3v) is 8.56.